The van der Waals surface area contributed by atoms with Crippen molar-refractivity contribution < 1.29 is 8.42 Å². The Morgan fingerprint density at radius 3 is 2.79 bits per heavy atom. The zero-order valence-corrected chi connectivity index (χ0v) is 12.3. The molecule has 6 nitrogen and oxygen atoms in total. The van der Waals surface area contributed by atoms with E-state index in [1.54, 1.807) is 10.5 Å². The maximum absolute atomic E-state index is 12.6. The summed E-state index contributed by atoms with van der Waals surface area (Å²) in [6.07, 6.45) is 3.86. The lowest BCUT2D eigenvalue weighted by Gasteiger charge is -2.20. The van der Waals surface area contributed by atoms with Gasteiger partial charge in [0, 0.05) is 25.2 Å². The molecule has 7 heteroatoms. The maximum atomic E-state index is 12.6. The SMILES string of the molecule is CCNCc1cn[nH]c1S(=O)(=O)N(CC)CC1CC1. The first kappa shape index (κ1) is 14.5. The van der Waals surface area contributed by atoms with Crippen LogP contribution in [0.25, 0.3) is 0 Å². The predicted molar refractivity (Wildman–Crippen MR) is 73.1 cm³/mol. The third-order valence-electron chi connectivity index (χ3n) is 3.35. The Kier molecular flexibility index (Phi) is 4.59. The van der Waals surface area contributed by atoms with Gasteiger partial charge in [0.2, 0.25) is 0 Å². The van der Waals surface area contributed by atoms with Gasteiger partial charge in [-0.25, -0.2) is 8.42 Å². The Hall–Kier alpha value is -0.920. The fourth-order valence-corrected chi connectivity index (χ4v) is 3.65. The van der Waals surface area contributed by atoms with Crippen molar-refractivity contribution in [3.05, 3.63) is 11.8 Å². The van der Waals surface area contributed by atoms with E-state index in [4.69, 9.17) is 0 Å². The van der Waals surface area contributed by atoms with Gasteiger partial charge in [-0.2, -0.15) is 9.40 Å². The van der Waals surface area contributed by atoms with Crippen LogP contribution < -0.4 is 5.32 Å². The van der Waals surface area contributed by atoms with Crippen molar-refractivity contribution in [2.75, 3.05) is 19.6 Å². The lowest BCUT2D eigenvalue weighted by molar-refractivity contribution is 0.409. The number of nitrogens with one attached hydrogen (secondary N) is 2. The smallest absolute Gasteiger partial charge is 0.260 e. The fourth-order valence-electron chi connectivity index (χ4n) is 2.02. The van der Waals surface area contributed by atoms with Gasteiger partial charge in [-0.15, -0.1) is 0 Å². The number of sulfonamides is 1. The standard InChI is InChI=1S/C12H22N4O2S/c1-3-13-7-11-8-14-15-12(11)19(17,18)16(4-2)9-10-5-6-10/h8,10,13H,3-7,9H2,1-2H3,(H,14,15). The van der Waals surface area contributed by atoms with E-state index < -0.39 is 10.0 Å². The van der Waals surface area contributed by atoms with Gasteiger partial charge in [0.15, 0.2) is 5.03 Å². The fraction of sp³-hybridized carbons (Fsp3) is 0.750. The van der Waals surface area contributed by atoms with Crippen LogP contribution in [0.15, 0.2) is 11.2 Å². The molecule has 0 atom stereocenters. The van der Waals surface area contributed by atoms with E-state index in [-0.39, 0.29) is 5.03 Å². The van der Waals surface area contributed by atoms with Crippen LogP contribution in [0, 0.1) is 5.92 Å². The van der Waals surface area contributed by atoms with E-state index in [2.05, 4.69) is 15.5 Å². The highest BCUT2D eigenvalue weighted by molar-refractivity contribution is 7.89. The summed E-state index contributed by atoms with van der Waals surface area (Å²) in [5, 5.41) is 9.89. The number of rotatable bonds is 8. The molecule has 1 fully saturated rings. The Balaban J connectivity index is 2.19. The number of hydrogen-bond donors (Lipinski definition) is 2. The molecule has 0 bridgehead atoms. The molecule has 1 aromatic rings. The summed E-state index contributed by atoms with van der Waals surface area (Å²) in [6, 6.07) is 0. The van der Waals surface area contributed by atoms with Crippen LogP contribution in [0.2, 0.25) is 0 Å². The van der Waals surface area contributed by atoms with Crippen molar-refractivity contribution >= 4 is 10.0 Å². The minimum atomic E-state index is -3.45. The molecule has 0 aliphatic heterocycles. The molecule has 2 rings (SSSR count). The summed E-state index contributed by atoms with van der Waals surface area (Å²) in [5.74, 6) is 0.537. The van der Waals surface area contributed by atoms with Crippen molar-refractivity contribution in [2.45, 2.75) is 38.3 Å². The number of nitrogens with zero attached hydrogens (tertiary/aromatic N) is 2. The zero-order chi connectivity index (χ0) is 13.9. The van der Waals surface area contributed by atoms with Crippen LogP contribution in [0.5, 0.6) is 0 Å². The Morgan fingerprint density at radius 1 is 1.47 bits per heavy atom. The highest BCUT2D eigenvalue weighted by atomic mass is 32.2. The Bertz CT molecular complexity index is 508. The van der Waals surface area contributed by atoms with Crippen LogP contribution in [-0.2, 0) is 16.6 Å². The van der Waals surface area contributed by atoms with E-state index in [0.717, 1.165) is 19.4 Å². The van der Waals surface area contributed by atoms with Crippen LogP contribution in [0.4, 0.5) is 0 Å². The molecule has 0 unspecified atom stereocenters. The van der Waals surface area contributed by atoms with Crippen molar-refractivity contribution in [1.82, 2.24) is 19.8 Å². The van der Waals surface area contributed by atoms with Gasteiger partial charge >= 0.3 is 0 Å². The molecule has 1 heterocycles. The minimum Gasteiger partial charge on any atom is -0.313 e. The molecule has 108 valence electrons. The van der Waals surface area contributed by atoms with Crippen molar-refractivity contribution in [3.63, 3.8) is 0 Å². The molecule has 19 heavy (non-hydrogen) atoms. The van der Waals surface area contributed by atoms with Crippen molar-refractivity contribution in [2.24, 2.45) is 5.92 Å². The summed E-state index contributed by atoms with van der Waals surface area (Å²) in [7, 11) is -3.45. The summed E-state index contributed by atoms with van der Waals surface area (Å²) >= 11 is 0. The Labute approximate surface area is 114 Å². The van der Waals surface area contributed by atoms with Crippen molar-refractivity contribution in [1.29, 1.82) is 0 Å². The van der Waals surface area contributed by atoms with Gasteiger partial charge in [0.05, 0.1) is 6.20 Å². The van der Waals surface area contributed by atoms with Gasteiger partial charge in [-0.1, -0.05) is 13.8 Å². The van der Waals surface area contributed by atoms with Gasteiger partial charge in [0.1, 0.15) is 0 Å². The predicted octanol–water partition coefficient (Wildman–Crippen LogP) is 0.940. The average Bonchev–Trinajstić information content (AvgIpc) is 3.08. The topological polar surface area (TPSA) is 78.1 Å². The molecule has 1 saturated carbocycles. The molecule has 1 aromatic heterocycles. The molecule has 0 saturated heterocycles. The highest BCUT2D eigenvalue weighted by Gasteiger charge is 2.32. The first-order valence-electron chi connectivity index (χ1n) is 6.82. The van der Waals surface area contributed by atoms with Crippen LogP contribution in [0.1, 0.15) is 32.3 Å². The van der Waals surface area contributed by atoms with E-state index in [9.17, 15) is 8.42 Å². The molecule has 0 radical (unpaired) electrons. The Morgan fingerprint density at radius 2 is 2.21 bits per heavy atom. The van der Waals surface area contributed by atoms with Gasteiger partial charge < -0.3 is 5.32 Å². The molecule has 1 aliphatic carbocycles. The normalized spacial score (nSPS) is 16.2. The average molecular weight is 286 g/mol. The second-order valence-corrected chi connectivity index (χ2v) is 6.78. The molecular formula is C12H22N4O2S. The number of aromatic amines is 1. The first-order chi connectivity index (χ1) is 9.09. The second kappa shape index (κ2) is 6.02. The first-order valence-corrected chi connectivity index (χ1v) is 8.26. The molecular weight excluding hydrogens is 264 g/mol. The lowest BCUT2D eigenvalue weighted by Crippen LogP contribution is -2.33. The molecule has 0 amide bonds. The lowest BCUT2D eigenvalue weighted by atomic mass is 10.3. The molecule has 2 N–H and O–H groups in total. The van der Waals surface area contributed by atoms with Crippen LogP contribution >= 0.6 is 0 Å². The summed E-state index contributed by atoms with van der Waals surface area (Å²) in [6.45, 7) is 6.30. The van der Waals surface area contributed by atoms with E-state index in [1.807, 2.05) is 13.8 Å². The van der Waals surface area contributed by atoms with Gasteiger partial charge in [0.25, 0.3) is 10.0 Å². The quantitative estimate of drug-likeness (QED) is 0.745. The number of aromatic nitrogens is 2. The molecule has 0 spiro atoms. The third kappa shape index (κ3) is 3.34. The van der Waals surface area contributed by atoms with E-state index in [1.165, 1.54) is 0 Å². The third-order valence-corrected chi connectivity index (χ3v) is 5.31. The summed E-state index contributed by atoms with van der Waals surface area (Å²) < 4.78 is 26.7. The second-order valence-electron chi connectivity index (χ2n) is 4.90. The van der Waals surface area contributed by atoms with Gasteiger partial charge in [-0.3, -0.25) is 5.10 Å². The highest BCUT2D eigenvalue weighted by Crippen LogP contribution is 2.31. The van der Waals surface area contributed by atoms with Crippen LogP contribution in [-0.4, -0.2) is 42.6 Å². The summed E-state index contributed by atoms with van der Waals surface area (Å²) in [5.41, 5.74) is 0.705. The largest absolute Gasteiger partial charge is 0.313 e. The monoisotopic (exact) mass is 286 g/mol. The molecule has 1 aliphatic rings. The van der Waals surface area contributed by atoms with Gasteiger partial charge in [-0.05, 0) is 25.3 Å². The maximum Gasteiger partial charge on any atom is 0.260 e. The van der Waals surface area contributed by atoms with E-state index >= 15 is 0 Å². The molecule has 0 aromatic carbocycles. The van der Waals surface area contributed by atoms with E-state index in [0.29, 0.717) is 31.1 Å². The zero-order valence-electron chi connectivity index (χ0n) is 11.5. The summed E-state index contributed by atoms with van der Waals surface area (Å²) in [4.78, 5) is 0. The van der Waals surface area contributed by atoms with Crippen LogP contribution in [0.3, 0.4) is 0 Å². The number of H-pyrrole nitrogens is 1. The minimum absolute atomic E-state index is 0.232. The number of hydrogen-bond acceptors (Lipinski definition) is 4. The van der Waals surface area contributed by atoms with Crippen molar-refractivity contribution in [3.8, 4) is 0 Å².